The van der Waals surface area contributed by atoms with E-state index in [4.69, 9.17) is 21.9 Å². The standard InChI is InChI=1S/C21H32N8O4S/c1-14-18(22)28-19(23)17(27-14)20(30)29-21(24)26-11-4-3-6-15-7-9-16(10-8-15)33-12-5-13-34(31,32)25-2/h7-10,25H,3-6,11-13H2,1-2H3,(H4,22,23,28)(H3,24,26,29,30). The second-order valence-corrected chi connectivity index (χ2v) is 9.52. The van der Waals surface area contributed by atoms with Crippen molar-refractivity contribution in [2.24, 2.45) is 10.7 Å². The number of sulfonamides is 1. The van der Waals surface area contributed by atoms with Crippen LogP contribution >= 0.6 is 0 Å². The first kappa shape index (κ1) is 26.8. The van der Waals surface area contributed by atoms with E-state index in [1.807, 2.05) is 24.3 Å². The highest BCUT2D eigenvalue weighted by molar-refractivity contribution is 7.89. The summed E-state index contributed by atoms with van der Waals surface area (Å²) in [4.78, 5) is 24.3. The Balaban J connectivity index is 1.69. The summed E-state index contributed by atoms with van der Waals surface area (Å²) < 4.78 is 30.6. The molecule has 8 N–H and O–H groups in total. The molecule has 0 aliphatic heterocycles. The molecule has 0 fully saturated rings. The molecule has 1 aromatic heterocycles. The van der Waals surface area contributed by atoms with Gasteiger partial charge in [0, 0.05) is 6.54 Å². The van der Waals surface area contributed by atoms with Gasteiger partial charge in [0.15, 0.2) is 17.5 Å². The van der Waals surface area contributed by atoms with E-state index in [0.717, 1.165) is 24.8 Å². The van der Waals surface area contributed by atoms with Gasteiger partial charge in [0.1, 0.15) is 11.6 Å². The molecule has 12 nitrogen and oxygen atoms in total. The number of ether oxygens (including phenoxy) is 1. The van der Waals surface area contributed by atoms with Crippen LogP contribution < -0.4 is 32.0 Å². The number of aryl methyl sites for hydroxylation is 2. The number of amides is 1. The van der Waals surface area contributed by atoms with Crippen molar-refractivity contribution in [2.75, 3.05) is 37.4 Å². The average Bonchev–Trinajstić information content (AvgIpc) is 2.79. The second-order valence-electron chi connectivity index (χ2n) is 7.48. The molecule has 0 bridgehead atoms. The Bertz CT molecular complexity index is 1100. The second kappa shape index (κ2) is 12.7. The monoisotopic (exact) mass is 492 g/mol. The molecule has 0 radical (unpaired) electrons. The van der Waals surface area contributed by atoms with E-state index in [2.05, 4.69) is 25.0 Å². The van der Waals surface area contributed by atoms with Crippen LogP contribution in [0.1, 0.15) is 41.0 Å². The first-order valence-electron chi connectivity index (χ1n) is 10.7. The molecule has 0 aliphatic rings. The number of carbonyl (C=O) groups is 1. The minimum atomic E-state index is -3.21. The molecule has 13 heteroatoms. The molecule has 0 aliphatic carbocycles. The molecule has 0 spiro atoms. The van der Waals surface area contributed by atoms with Gasteiger partial charge >= 0.3 is 0 Å². The van der Waals surface area contributed by atoms with Gasteiger partial charge in [0.2, 0.25) is 10.0 Å². The summed E-state index contributed by atoms with van der Waals surface area (Å²) in [6, 6.07) is 7.66. The van der Waals surface area contributed by atoms with Crippen LogP contribution in [0.25, 0.3) is 0 Å². The van der Waals surface area contributed by atoms with Crippen molar-refractivity contribution in [1.82, 2.24) is 20.0 Å². The summed E-state index contributed by atoms with van der Waals surface area (Å²) >= 11 is 0. The molecule has 1 amide bonds. The number of carbonyl (C=O) groups excluding carboxylic acids is 1. The molecular formula is C21H32N8O4S. The van der Waals surface area contributed by atoms with E-state index in [1.54, 1.807) is 6.92 Å². The Hall–Kier alpha value is -3.45. The van der Waals surface area contributed by atoms with Gasteiger partial charge < -0.3 is 21.9 Å². The van der Waals surface area contributed by atoms with Crippen LogP contribution in [0.2, 0.25) is 0 Å². The number of rotatable bonds is 12. The first-order valence-corrected chi connectivity index (χ1v) is 12.4. The van der Waals surface area contributed by atoms with Crippen molar-refractivity contribution in [2.45, 2.75) is 32.6 Å². The van der Waals surface area contributed by atoms with Gasteiger partial charge in [-0.25, -0.2) is 23.1 Å². The number of nitrogen functional groups attached to an aromatic ring is 2. The molecule has 0 unspecified atom stereocenters. The van der Waals surface area contributed by atoms with Crippen LogP contribution in [0, 0.1) is 6.92 Å². The van der Waals surface area contributed by atoms with Gasteiger partial charge in [-0.05, 0) is 57.4 Å². The fourth-order valence-electron chi connectivity index (χ4n) is 2.86. The first-order chi connectivity index (χ1) is 16.1. The van der Waals surface area contributed by atoms with E-state index in [9.17, 15) is 13.2 Å². The Morgan fingerprint density at radius 3 is 2.47 bits per heavy atom. The number of guanidine groups is 1. The number of unbranched alkanes of at least 4 members (excludes halogenated alkanes) is 1. The Morgan fingerprint density at radius 1 is 1.09 bits per heavy atom. The zero-order valence-electron chi connectivity index (χ0n) is 19.4. The minimum absolute atomic E-state index is 0.0234. The maximum Gasteiger partial charge on any atom is 0.280 e. The van der Waals surface area contributed by atoms with Crippen LogP contribution in [0.5, 0.6) is 5.75 Å². The summed E-state index contributed by atoms with van der Waals surface area (Å²) in [7, 11) is -1.81. The van der Waals surface area contributed by atoms with Gasteiger partial charge in [0.25, 0.3) is 5.91 Å². The van der Waals surface area contributed by atoms with E-state index >= 15 is 0 Å². The maximum absolute atomic E-state index is 12.2. The van der Waals surface area contributed by atoms with E-state index in [-0.39, 0.29) is 29.0 Å². The van der Waals surface area contributed by atoms with Gasteiger partial charge in [-0.15, -0.1) is 0 Å². The van der Waals surface area contributed by atoms with Crippen LogP contribution in [-0.4, -0.2) is 56.2 Å². The fourth-order valence-corrected chi connectivity index (χ4v) is 3.56. The summed E-state index contributed by atoms with van der Waals surface area (Å²) in [6.07, 6.45) is 2.91. The highest BCUT2D eigenvalue weighted by Crippen LogP contribution is 2.14. The summed E-state index contributed by atoms with van der Waals surface area (Å²) in [5.74, 6) is 0.189. The lowest BCUT2D eigenvalue weighted by atomic mass is 10.1. The third-order valence-corrected chi connectivity index (χ3v) is 6.25. The van der Waals surface area contributed by atoms with E-state index in [1.165, 1.54) is 7.05 Å². The Kier molecular flexibility index (Phi) is 10.0. The molecular weight excluding hydrogens is 460 g/mol. The lowest BCUT2D eigenvalue weighted by Crippen LogP contribution is -2.38. The zero-order chi connectivity index (χ0) is 25.1. The smallest absolute Gasteiger partial charge is 0.280 e. The predicted molar refractivity (Wildman–Crippen MR) is 132 cm³/mol. The highest BCUT2D eigenvalue weighted by atomic mass is 32.2. The van der Waals surface area contributed by atoms with Gasteiger partial charge in [-0.3, -0.25) is 15.1 Å². The number of aromatic nitrogens is 2. The number of nitrogens with zero attached hydrogens (tertiary/aromatic N) is 3. The van der Waals surface area contributed by atoms with Crippen LogP contribution in [0.15, 0.2) is 29.3 Å². The summed E-state index contributed by atoms with van der Waals surface area (Å²) in [5, 5.41) is 2.45. The number of nitrogens with one attached hydrogen (secondary N) is 2. The molecule has 0 atom stereocenters. The van der Waals surface area contributed by atoms with Crippen molar-refractivity contribution < 1.29 is 17.9 Å². The molecule has 0 saturated heterocycles. The molecule has 1 aromatic carbocycles. The van der Waals surface area contributed by atoms with Gasteiger partial charge in [0.05, 0.1) is 18.1 Å². The molecule has 2 rings (SSSR count). The van der Waals surface area contributed by atoms with Crippen LogP contribution in [0.4, 0.5) is 11.6 Å². The van der Waals surface area contributed by atoms with Crippen LogP contribution in [-0.2, 0) is 16.4 Å². The summed E-state index contributed by atoms with van der Waals surface area (Å²) in [5.41, 5.74) is 18.6. The molecule has 34 heavy (non-hydrogen) atoms. The maximum atomic E-state index is 12.2. The number of benzene rings is 1. The zero-order valence-corrected chi connectivity index (χ0v) is 20.2. The van der Waals surface area contributed by atoms with Crippen molar-refractivity contribution in [3.05, 3.63) is 41.2 Å². The van der Waals surface area contributed by atoms with Crippen LogP contribution in [0.3, 0.4) is 0 Å². The molecule has 2 aromatic rings. The molecule has 186 valence electrons. The average molecular weight is 493 g/mol. The number of aliphatic imine (C=N–C) groups is 1. The predicted octanol–water partition coefficient (Wildman–Crippen LogP) is 0.335. The summed E-state index contributed by atoms with van der Waals surface area (Å²) in [6.45, 7) is 2.40. The highest BCUT2D eigenvalue weighted by Gasteiger charge is 2.15. The quantitative estimate of drug-likeness (QED) is 0.157. The van der Waals surface area contributed by atoms with Crippen molar-refractivity contribution >= 4 is 33.5 Å². The molecule has 1 heterocycles. The molecule has 0 saturated carbocycles. The van der Waals surface area contributed by atoms with Gasteiger partial charge in [-0.1, -0.05) is 12.1 Å². The lowest BCUT2D eigenvalue weighted by Gasteiger charge is -2.08. The third-order valence-electron chi connectivity index (χ3n) is 4.81. The number of hydrogen-bond donors (Lipinski definition) is 5. The minimum Gasteiger partial charge on any atom is -0.494 e. The fraction of sp³-hybridized carbons (Fsp3) is 0.429. The van der Waals surface area contributed by atoms with Crippen molar-refractivity contribution in [1.29, 1.82) is 0 Å². The third kappa shape index (κ3) is 8.83. The Labute approximate surface area is 199 Å². The van der Waals surface area contributed by atoms with Crippen molar-refractivity contribution in [3.63, 3.8) is 0 Å². The van der Waals surface area contributed by atoms with E-state index in [0.29, 0.717) is 31.0 Å². The number of nitrogens with two attached hydrogens (primary N) is 3. The largest absolute Gasteiger partial charge is 0.494 e. The van der Waals surface area contributed by atoms with E-state index < -0.39 is 15.9 Å². The van der Waals surface area contributed by atoms with Crippen molar-refractivity contribution in [3.8, 4) is 5.75 Å². The lowest BCUT2D eigenvalue weighted by molar-refractivity contribution is 0.0972. The SMILES string of the molecule is CNS(=O)(=O)CCCOc1ccc(CCCCN=C(N)NC(=O)c2nc(C)c(N)nc2N)cc1. The van der Waals surface area contributed by atoms with Gasteiger partial charge in [-0.2, -0.15) is 0 Å². The number of anilines is 2. The topological polar surface area (TPSA) is 201 Å². The number of hydrogen-bond acceptors (Lipinski definition) is 9. The normalized spacial score (nSPS) is 11.9. The Morgan fingerprint density at radius 2 is 1.79 bits per heavy atom.